The second kappa shape index (κ2) is 11.0. The zero-order valence-electron chi connectivity index (χ0n) is 21.5. The molecule has 198 valence electrons. The van der Waals surface area contributed by atoms with Gasteiger partial charge in [-0.05, 0) is 81.3 Å². The third-order valence-corrected chi connectivity index (χ3v) is 8.72. The maximum atomic E-state index is 15.0. The number of nitriles is 1. The molecule has 1 saturated heterocycles. The van der Waals surface area contributed by atoms with Crippen molar-refractivity contribution < 1.29 is 18.5 Å². The summed E-state index contributed by atoms with van der Waals surface area (Å²) in [6, 6.07) is 13.3. The summed E-state index contributed by atoms with van der Waals surface area (Å²) < 4.78 is 31.3. The molecule has 7 nitrogen and oxygen atoms in total. The molecule has 0 bridgehead atoms. The van der Waals surface area contributed by atoms with E-state index in [4.69, 9.17) is 0 Å². The lowest BCUT2D eigenvalue weighted by atomic mass is 9.79. The number of halogens is 1. The lowest BCUT2D eigenvalue weighted by molar-refractivity contribution is -0.118. The van der Waals surface area contributed by atoms with E-state index in [9.17, 15) is 23.8 Å². The first-order chi connectivity index (χ1) is 17.5. The molecule has 1 aliphatic carbocycles. The van der Waals surface area contributed by atoms with E-state index in [1.807, 2.05) is 26.8 Å². The van der Waals surface area contributed by atoms with Crippen molar-refractivity contribution in [2.75, 3.05) is 11.9 Å². The number of anilines is 1. The van der Waals surface area contributed by atoms with Gasteiger partial charge >= 0.3 is 0 Å². The van der Waals surface area contributed by atoms with Crippen LogP contribution >= 0.6 is 0 Å². The largest absolute Gasteiger partial charge is 0.392 e. The Labute approximate surface area is 220 Å². The predicted octanol–water partition coefficient (Wildman–Crippen LogP) is 3.84. The zero-order valence-corrected chi connectivity index (χ0v) is 22.3. The molecule has 0 aromatic heterocycles. The van der Waals surface area contributed by atoms with E-state index >= 15 is 0 Å². The Balaban J connectivity index is 1.80. The average Bonchev–Trinajstić information content (AvgIpc) is 3.60. The van der Waals surface area contributed by atoms with Crippen molar-refractivity contribution in [3.8, 4) is 6.07 Å². The molecule has 4 N–H and O–H groups in total. The molecule has 1 aliphatic heterocycles. The Kier molecular flexibility index (Phi) is 8.14. The number of aliphatic hydroxyl groups is 1. The van der Waals surface area contributed by atoms with Crippen LogP contribution in [0.5, 0.6) is 0 Å². The van der Waals surface area contributed by atoms with Crippen LogP contribution in [0.2, 0.25) is 0 Å². The first kappa shape index (κ1) is 27.4. The number of carbonyl (C=O) groups is 1. The molecule has 2 aromatic carbocycles. The van der Waals surface area contributed by atoms with E-state index in [1.165, 1.54) is 6.07 Å². The summed E-state index contributed by atoms with van der Waals surface area (Å²) in [6.07, 6.45) is 3.37. The summed E-state index contributed by atoms with van der Waals surface area (Å²) in [6.45, 7) is 5.95. The first-order valence-corrected chi connectivity index (χ1v) is 13.9. The second-order valence-corrected chi connectivity index (χ2v) is 13.1. The van der Waals surface area contributed by atoms with Gasteiger partial charge in [0.25, 0.3) is 0 Å². The van der Waals surface area contributed by atoms with Crippen molar-refractivity contribution in [1.82, 2.24) is 10.0 Å². The third-order valence-electron chi connectivity index (χ3n) is 7.07. The van der Waals surface area contributed by atoms with Crippen molar-refractivity contribution in [1.29, 1.82) is 5.26 Å². The second-order valence-electron chi connectivity index (χ2n) is 11.1. The normalized spacial score (nSPS) is 22.2. The van der Waals surface area contributed by atoms with Gasteiger partial charge in [0.05, 0.1) is 50.7 Å². The molecule has 1 heterocycles. The number of aliphatic hydroxyl groups excluding tert-OH is 1. The highest BCUT2D eigenvalue weighted by Crippen LogP contribution is 2.43. The number of benzene rings is 2. The molecule has 1 amide bonds. The summed E-state index contributed by atoms with van der Waals surface area (Å²) >= 11 is 0. The predicted molar refractivity (Wildman–Crippen MR) is 142 cm³/mol. The standard InChI is InChI=1S/C28H35FN4O3S/c1-27(2,3)37(36)33-28(12-11-18-7-8-18,20-6-4-5-19(13-20)16-30)21-9-10-23(29)24(14-21)32-26(35)25-15-22(34)17-31-25/h4-6,9-10,13-14,18,22,25,31,33-34H,7-8,11-12,15,17H2,1-3H3,(H,32,35)/t22-,25-,28?,37-/m1/s1. The Morgan fingerprint density at radius 2 is 1.95 bits per heavy atom. The van der Waals surface area contributed by atoms with Crippen LogP contribution in [0, 0.1) is 23.1 Å². The fourth-order valence-electron chi connectivity index (χ4n) is 4.64. The topological polar surface area (TPSA) is 114 Å². The van der Waals surface area contributed by atoms with Crippen LogP contribution in [0.4, 0.5) is 10.1 Å². The van der Waals surface area contributed by atoms with Gasteiger partial charge in [-0.1, -0.05) is 31.0 Å². The summed E-state index contributed by atoms with van der Waals surface area (Å²) in [5, 5.41) is 25.0. The van der Waals surface area contributed by atoms with E-state index in [1.54, 1.807) is 30.3 Å². The summed E-state index contributed by atoms with van der Waals surface area (Å²) in [7, 11) is -1.49. The SMILES string of the molecule is CC(C)(C)[S@@](=O)NC(CCC1CC1)(c1cccc(C#N)c1)c1ccc(F)c(NC(=O)[C@H]2C[C@@H](O)CN2)c1. The van der Waals surface area contributed by atoms with Crippen LogP contribution in [0.1, 0.15) is 69.6 Å². The number of rotatable bonds is 9. The number of hydrogen-bond donors (Lipinski definition) is 4. The lowest BCUT2D eigenvalue weighted by Crippen LogP contribution is -2.49. The van der Waals surface area contributed by atoms with E-state index in [-0.39, 0.29) is 12.1 Å². The van der Waals surface area contributed by atoms with E-state index in [0.29, 0.717) is 30.0 Å². The molecule has 2 fully saturated rings. The highest BCUT2D eigenvalue weighted by molar-refractivity contribution is 7.84. The molecule has 2 aromatic rings. The molecule has 4 rings (SSSR count). The molecule has 37 heavy (non-hydrogen) atoms. The molecule has 9 heteroatoms. The number of β-amino-alcohol motifs (C(OH)–C–C–N with tert-alkyl or cyclic N) is 1. The fourth-order valence-corrected chi connectivity index (χ4v) is 5.60. The number of carbonyl (C=O) groups excluding carboxylic acids is 1. The number of nitrogens with zero attached hydrogens (tertiary/aromatic N) is 1. The van der Waals surface area contributed by atoms with E-state index in [2.05, 4.69) is 21.4 Å². The Morgan fingerprint density at radius 3 is 2.57 bits per heavy atom. The van der Waals surface area contributed by atoms with Crippen LogP contribution in [0.3, 0.4) is 0 Å². The van der Waals surface area contributed by atoms with Gasteiger partial charge in [-0.2, -0.15) is 5.26 Å². The molecular weight excluding hydrogens is 491 g/mol. The maximum Gasteiger partial charge on any atom is 0.241 e. The van der Waals surface area contributed by atoms with Gasteiger partial charge in [0.1, 0.15) is 5.82 Å². The van der Waals surface area contributed by atoms with E-state index in [0.717, 1.165) is 24.8 Å². The summed E-state index contributed by atoms with van der Waals surface area (Å²) in [5.74, 6) is -0.439. The summed E-state index contributed by atoms with van der Waals surface area (Å²) in [4.78, 5) is 12.8. The highest BCUT2D eigenvalue weighted by atomic mass is 32.2. The smallest absolute Gasteiger partial charge is 0.241 e. The number of amides is 1. The van der Waals surface area contributed by atoms with Crippen LogP contribution in [-0.2, 0) is 21.3 Å². The van der Waals surface area contributed by atoms with Gasteiger partial charge in [-0.25, -0.2) is 13.3 Å². The van der Waals surface area contributed by atoms with Crippen molar-refractivity contribution in [3.05, 3.63) is 65.0 Å². The van der Waals surface area contributed by atoms with Crippen LogP contribution in [0.15, 0.2) is 42.5 Å². The van der Waals surface area contributed by atoms with Gasteiger partial charge in [0, 0.05) is 6.54 Å². The monoisotopic (exact) mass is 526 g/mol. The van der Waals surface area contributed by atoms with Gasteiger partial charge in [0.15, 0.2) is 0 Å². The van der Waals surface area contributed by atoms with Crippen molar-refractivity contribution in [2.45, 2.75) is 75.3 Å². The Morgan fingerprint density at radius 1 is 1.22 bits per heavy atom. The Hall–Kier alpha value is -2.64. The molecule has 2 aliphatic rings. The molecule has 1 unspecified atom stereocenters. The fraction of sp³-hybridized carbons (Fsp3) is 0.500. The van der Waals surface area contributed by atoms with Crippen LogP contribution < -0.4 is 15.4 Å². The lowest BCUT2D eigenvalue weighted by Gasteiger charge is -2.38. The van der Waals surface area contributed by atoms with Gasteiger partial charge in [-0.15, -0.1) is 0 Å². The average molecular weight is 527 g/mol. The van der Waals surface area contributed by atoms with Crippen LogP contribution in [-0.4, -0.2) is 38.7 Å². The van der Waals surface area contributed by atoms with Crippen molar-refractivity contribution >= 4 is 22.6 Å². The molecule has 4 atom stereocenters. The maximum absolute atomic E-state index is 15.0. The molecule has 0 spiro atoms. The van der Waals surface area contributed by atoms with Crippen molar-refractivity contribution in [3.63, 3.8) is 0 Å². The Bertz CT molecular complexity index is 1220. The quantitative estimate of drug-likeness (QED) is 0.396. The van der Waals surface area contributed by atoms with Crippen LogP contribution in [0.25, 0.3) is 0 Å². The van der Waals surface area contributed by atoms with E-state index < -0.39 is 45.1 Å². The molecule has 0 radical (unpaired) electrons. The van der Waals surface area contributed by atoms with Crippen molar-refractivity contribution in [2.24, 2.45) is 5.92 Å². The zero-order chi connectivity index (χ0) is 26.8. The molecular formula is C28H35FN4O3S. The van der Waals surface area contributed by atoms with Gasteiger partial charge in [0.2, 0.25) is 5.91 Å². The highest BCUT2D eigenvalue weighted by Gasteiger charge is 2.40. The minimum atomic E-state index is -1.49. The van der Waals surface area contributed by atoms with Gasteiger partial charge in [-0.3, -0.25) is 4.79 Å². The first-order valence-electron chi connectivity index (χ1n) is 12.7. The summed E-state index contributed by atoms with van der Waals surface area (Å²) in [5.41, 5.74) is 0.911. The number of nitrogens with one attached hydrogen (secondary N) is 3. The van der Waals surface area contributed by atoms with Gasteiger partial charge < -0.3 is 15.7 Å². The third kappa shape index (κ3) is 6.44. The number of hydrogen-bond acceptors (Lipinski definition) is 5. The minimum absolute atomic E-state index is 0.0151. The minimum Gasteiger partial charge on any atom is -0.392 e. The molecule has 1 saturated carbocycles.